The van der Waals surface area contributed by atoms with Gasteiger partial charge in [0, 0.05) is 28.7 Å². The summed E-state index contributed by atoms with van der Waals surface area (Å²) in [6, 6.07) is 15.8. The SMILES string of the molecule is O=C(N=c1sccn1Cc1ccc(C(=O)NCc2ccc(F)cc2)o1)c1cccc(Cl)c1. The van der Waals surface area contributed by atoms with Crippen molar-refractivity contribution in [2.75, 3.05) is 0 Å². The van der Waals surface area contributed by atoms with Crippen molar-refractivity contribution in [3.63, 3.8) is 0 Å². The van der Waals surface area contributed by atoms with E-state index in [2.05, 4.69) is 10.3 Å². The van der Waals surface area contributed by atoms with Crippen molar-refractivity contribution in [1.82, 2.24) is 9.88 Å². The van der Waals surface area contributed by atoms with Gasteiger partial charge in [0.2, 0.25) is 0 Å². The normalized spacial score (nSPS) is 11.5. The number of nitrogens with zero attached hydrogens (tertiary/aromatic N) is 2. The van der Waals surface area contributed by atoms with Crippen LogP contribution in [-0.4, -0.2) is 16.4 Å². The number of hydrogen-bond donors (Lipinski definition) is 1. The van der Waals surface area contributed by atoms with E-state index in [0.29, 0.717) is 27.7 Å². The summed E-state index contributed by atoms with van der Waals surface area (Å²) in [6.45, 7) is 0.555. The van der Waals surface area contributed by atoms with Crippen molar-refractivity contribution in [2.45, 2.75) is 13.1 Å². The monoisotopic (exact) mass is 469 g/mol. The zero-order valence-corrected chi connectivity index (χ0v) is 18.2. The average Bonchev–Trinajstić information content (AvgIpc) is 3.43. The van der Waals surface area contributed by atoms with Gasteiger partial charge in [0.05, 0.1) is 6.54 Å². The molecule has 0 atom stereocenters. The molecule has 0 fully saturated rings. The van der Waals surface area contributed by atoms with E-state index in [9.17, 15) is 14.0 Å². The van der Waals surface area contributed by atoms with Crippen LogP contribution in [0.5, 0.6) is 0 Å². The molecule has 2 aromatic heterocycles. The molecular formula is C23H17ClFN3O3S. The molecule has 2 amide bonds. The van der Waals surface area contributed by atoms with E-state index in [1.807, 2.05) is 5.38 Å². The van der Waals surface area contributed by atoms with Gasteiger partial charge < -0.3 is 14.3 Å². The van der Waals surface area contributed by atoms with E-state index in [1.54, 1.807) is 59.3 Å². The average molecular weight is 470 g/mol. The van der Waals surface area contributed by atoms with E-state index < -0.39 is 5.91 Å². The molecule has 0 aliphatic carbocycles. The number of furan rings is 1. The van der Waals surface area contributed by atoms with Crippen LogP contribution in [0.1, 0.15) is 32.2 Å². The van der Waals surface area contributed by atoms with E-state index in [1.165, 1.54) is 23.5 Å². The van der Waals surface area contributed by atoms with Crippen molar-refractivity contribution < 1.29 is 18.4 Å². The first kappa shape index (κ1) is 21.7. The quantitative estimate of drug-likeness (QED) is 0.446. The Morgan fingerprint density at radius 2 is 1.94 bits per heavy atom. The fourth-order valence-electron chi connectivity index (χ4n) is 2.90. The molecule has 0 saturated heterocycles. The van der Waals surface area contributed by atoms with Crippen molar-refractivity contribution >= 4 is 34.8 Å². The number of aromatic nitrogens is 1. The maximum Gasteiger partial charge on any atom is 0.287 e. The molecule has 0 unspecified atom stereocenters. The number of carbonyl (C=O) groups excluding carboxylic acids is 2. The highest BCUT2D eigenvalue weighted by molar-refractivity contribution is 7.07. The van der Waals surface area contributed by atoms with Crippen LogP contribution in [-0.2, 0) is 13.1 Å². The second kappa shape index (κ2) is 9.76. The molecule has 1 N–H and O–H groups in total. The highest BCUT2D eigenvalue weighted by atomic mass is 35.5. The van der Waals surface area contributed by atoms with Gasteiger partial charge in [-0.3, -0.25) is 9.59 Å². The number of amides is 2. The van der Waals surface area contributed by atoms with Gasteiger partial charge in [-0.15, -0.1) is 11.3 Å². The van der Waals surface area contributed by atoms with E-state index >= 15 is 0 Å². The molecule has 162 valence electrons. The molecule has 2 aromatic carbocycles. The fraction of sp³-hybridized carbons (Fsp3) is 0.0870. The van der Waals surface area contributed by atoms with E-state index in [4.69, 9.17) is 16.0 Å². The molecular weight excluding hydrogens is 453 g/mol. The van der Waals surface area contributed by atoms with Gasteiger partial charge >= 0.3 is 0 Å². The standard InChI is InChI=1S/C23H17ClFN3O3S/c24-17-3-1-2-16(12-17)21(29)27-23-28(10-11-32-23)14-19-8-9-20(31-19)22(30)26-13-15-4-6-18(25)7-5-15/h1-12H,13-14H2,(H,26,30). The number of nitrogens with one attached hydrogen (secondary N) is 1. The molecule has 4 rings (SSSR count). The van der Waals surface area contributed by atoms with Gasteiger partial charge in [0.1, 0.15) is 11.6 Å². The smallest absolute Gasteiger partial charge is 0.287 e. The van der Waals surface area contributed by atoms with Gasteiger partial charge in [-0.2, -0.15) is 4.99 Å². The van der Waals surface area contributed by atoms with E-state index in [-0.39, 0.29) is 24.0 Å². The number of thiazole rings is 1. The topological polar surface area (TPSA) is 76.6 Å². The third-order valence-electron chi connectivity index (χ3n) is 4.51. The van der Waals surface area contributed by atoms with Gasteiger partial charge in [-0.25, -0.2) is 4.39 Å². The van der Waals surface area contributed by atoms with Gasteiger partial charge in [0.25, 0.3) is 11.8 Å². The predicted octanol–water partition coefficient (Wildman–Crippen LogP) is 4.65. The number of halogens is 2. The molecule has 0 aliphatic heterocycles. The lowest BCUT2D eigenvalue weighted by Crippen LogP contribution is -2.22. The van der Waals surface area contributed by atoms with Crippen LogP contribution in [0.4, 0.5) is 4.39 Å². The Morgan fingerprint density at radius 1 is 1.12 bits per heavy atom. The van der Waals surface area contributed by atoms with Crippen LogP contribution in [0.25, 0.3) is 0 Å². The third-order valence-corrected chi connectivity index (χ3v) is 5.54. The molecule has 0 radical (unpaired) electrons. The minimum absolute atomic E-state index is 0.159. The zero-order chi connectivity index (χ0) is 22.5. The molecule has 0 saturated carbocycles. The van der Waals surface area contributed by atoms with Crippen LogP contribution in [0.3, 0.4) is 0 Å². The van der Waals surface area contributed by atoms with Crippen molar-refractivity contribution in [3.8, 4) is 0 Å². The number of hydrogen-bond acceptors (Lipinski definition) is 4. The molecule has 0 aliphatic rings. The summed E-state index contributed by atoms with van der Waals surface area (Å²) < 4.78 is 20.4. The van der Waals surface area contributed by atoms with Crippen molar-refractivity contribution in [1.29, 1.82) is 0 Å². The molecule has 2 heterocycles. The van der Waals surface area contributed by atoms with Gasteiger partial charge in [-0.05, 0) is 48.0 Å². The largest absolute Gasteiger partial charge is 0.454 e. The van der Waals surface area contributed by atoms with Crippen LogP contribution in [0.15, 0.2) is 81.7 Å². The van der Waals surface area contributed by atoms with Gasteiger partial charge in [-0.1, -0.05) is 29.8 Å². The molecule has 0 bridgehead atoms. The summed E-state index contributed by atoms with van der Waals surface area (Å²) in [5.41, 5.74) is 1.17. The lowest BCUT2D eigenvalue weighted by atomic mass is 10.2. The first-order valence-corrected chi connectivity index (χ1v) is 10.8. The Morgan fingerprint density at radius 3 is 2.72 bits per heavy atom. The molecule has 32 heavy (non-hydrogen) atoms. The Kier molecular flexibility index (Phi) is 6.63. The van der Waals surface area contributed by atoms with Crippen molar-refractivity contribution in [2.24, 2.45) is 4.99 Å². The van der Waals surface area contributed by atoms with Crippen LogP contribution in [0, 0.1) is 5.82 Å². The first-order chi connectivity index (χ1) is 15.5. The zero-order valence-electron chi connectivity index (χ0n) is 16.6. The highest BCUT2D eigenvalue weighted by Crippen LogP contribution is 2.12. The van der Waals surface area contributed by atoms with Crippen LogP contribution >= 0.6 is 22.9 Å². The predicted molar refractivity (Wildman–Crippen MR) is 119 cm³/mol. The van der Waals surface area contributed by atoms with Crippen LogP contribution in [0.2, 0.25) is 5.02 Å². The summed E-state index contributed by atoms with van der Waals surface area (Å²) in [4.78, 5) is 29.4. The maximum absolute atomic E-state index is 13.0. The van der Waals surface area contributed by atoms with Crippen molar-refractivity contribution in [3.05, 3.63) is 111 Å². The highest BCUT2D eigenvalue weighted by Gasteiger charge is 2.12. The molecule has 9 heteroatoms. The Bertz CT molecular complexity index is 1320. The number of rotatable bonds is 6. The summed E-state index contributed by atoms with van der Waals surface area (Å²) >= 11 is 7.25. The first-order valence-electron chi connectivity index (χ1n) is 9.58. The Hall–Kier alpha value is -3.49. The summed E-state index contributed by atoms with van der Waals surface area (Å²) in [6.07, 6.45) is 1.78. The maximum atomic E-state index is 13.0. The second-order valence-corrected chi connectivity index (χ2v) is 8.13. The fourth-order valence-corrected chi connectivity index (χ4v) is 3.82. The second-order valence-electron chi connectivity index (χ2n) is 6.82. The molecule has 0 spiro atoms. The number of carbonyl (C=O) groups is 2. The van der Waals surface area contributed by atoms with Crippen LogP contribution < -0.4 is 10.1 Å². The minimum Gasteiger partial charge on any atom is -0.454 e. The minimum atomic E-state index is -0.399. The Balaban J connectivity index is 1.43. The summed E-state index contributed by atoms with van der Waals surface area (Å²) in [5.74, 6) is -0.415. The molecule has 4 aromatic rings. The molecule has 6 nitrogen and oxygen atoms in total. The lowest BCUT2D eigenvalue weighted by Gasteiger charge is -2.04. The summed E-state index contributed by atoms with van der Waals surface area (Å²) in [7, 11) is 0. The van der Waals surface area contributed by atoms with E-state index in [0.717, 1.165) is 5.56 Å². The Labute approximate surface area is 191 Å². The summed E-state index contributed by atoms with van der Waals surface area (Å²) in [5, 5.41) is 5.01. The third kappa shape index (κ3) is 5.40. The lowest BCUT2D eigenvalue weighted by molar-refractivity contribution is 0.0920. The number of benzene rings is 2. The van der Waals surface area contributed by atoms with Gasteiger partial charge in [0.15, 0.2) is 10.6 Å².